The first-order valence-electron chi connectivity index (χ1n) is 12.3. The van der Waals surface area contributed by atoms with Gasteiger partial charge in [-0.15, -0.1) is 0 Å². The van der Waals surface area contributed by atoms with Crippen molar-refractivity contribution in [2.24, 2.45) is 5.41 Å². The van der Waals surface area contributed by atoms with Gasteiger partial charge in [0.05, 0.1) is 5.41 Å². The highest BCUT2D eigenvalue weighted by Crippen LogP contribution is 2.50. The molecule has 33 heavy (non-hydrogen) atoms. The van der Waals surface area contributed by atoms with Gasteiger partial charge < -0.3 is 10.2 Å². The second kappa shape index (κ2) is 8.58. The maximum atomic E-state index is 13.9. The van der Waals surface area contributed by atoms with Crippen molar-refractivity contribution in [1.82, 2.24) is 10.2 Å². The molecule has 1 aliphatic carbocycles. The number of rotatable bonds is 3. The highest BCUT2D eigenvalue weighted by atomic mass is 19.1. The Hall–Kier alpha value is -2.69. The summed E-state index contributed by atoms with van der Waals surface area (Å²) in [5.41, 5.74) is 2.89. The van der Waals surface area contributed by atoms with Crippen molar-refractivity contribution in [3.8, 4) is 0 Å². The van der Waals surface area contributed by atoms with Gasteiger partial charge >= 0.3 is 0 Å². The normalized spacial score (nSPS) is 24.0. The number of hydrogen-bond donors (Lipinski definition) is 1. The molecule has 4 nitrogen and oxygen atoms in total. The summed E-state index contributed by atoms with van der Waals surface area (Å²) >= 11 is 0. The lowest BCUT2D eigenvalue weighted by atomic mass is 9.62. The molecule has 1 spiro atoms. The van der Waals surface area contributed by atoms with Crippen LogP contribution in [0.25, 0.3) is 0 Å². The quantitative estimate of drug-likeness (QED) is 0.729. The Morgan fingerprint density at radius 1 is 1.00 bits per heavy atom. The average molecular weight is 449 g/mol. The number of halogens is 1. The van der Waals surface area contributed by atoms with Crippen molar-refractivity contribution in [2.45, 2.75) is 63.2 Å². The van der Waals surface area contributed by atoms with E-state index in [4.69, 9.17) is 0 Å². The Balaban J connectivity index is 1.39. The van der Waals surface area contributed by atoms with Gasteiger partial charge in [-0.05, 0) is 66.8 Å². The molecular weight excluding hydrogens is 415 g/mol. The Morgan fingerprint density at radius 2 is 1.67 bits per heavy atom. The van der Waals surface area contributed by atoms with Crippen LogP contribution in [-0.4, -0.2) is 36.3 Å². The number of nitrogens with zero attached hydrogens (tertiary/aromatic N) is 1. The molecular formula is C28H33FN2O2. The van der Waals surface area contributed by atoms with Crippen LogP contribution < -0.4 is 5.32 Å². The maximum absolute atomic E-state index is 13.9. The third-order valence-corrected chi connectivity index (χ3v) is 8.63. The molecule has 1 atom stereocenters. The maximum Gasteiger partial charge on any atom is 0.233 e. The molecule has 3 fully saturated rings. The monoisotopic (exact) mass is 448 g/mol. The minimum Gasteiger partial charge on any atom is -0.355 e. The van der Waals surface area contributed by atoms with Gasteiger partial charge in [-0.25, -0.2) is 4.39 Å². The molecule has 0 bridgehead atoms. The average Bonchev–Trinajstić information content (AvgIpc) is 3.32. The van der Waals surface area contributed by atoms with Crippen molar-refractivity contribution in [1.29, 1.82) is 0 Å². The van der Waals surface area contributed by atoms with Gasteiger partial charge in [0.2, 0.25) is 11.8 Å². The lowest BCUT2D eigenvalue weighted by Crippen LogP contribution is -2.55. The number of hydrogen-bond acceptors (Lipinski definition) is 2. The van der Waals surface area contributed by atoms with Crippen LogP contribution in [0.4, 0.5) is 4.39 Å². The summed E-state index contributed by atoms with van der Waals surface area (Å²) in [6.45, 7) is 4.16. The van der Waals surface area contributed by atoms with Crippen LogP contribution in [0.2, 0.25) is 0 Å². The van der Waals surface area contributed by atoms with Gasteiger partial charge in [0, 0.05) is 32.0 Å². The zero-order chi connectivity index (χ0) is 23.1. The van der Waals surface area contributed by atoms with E-state index in [1.165, 1.54) is 23.3 Å². The van der Waals surface area contributed by atoms with E-state index < -0.39 is 5.41 Å². The molecule has 5 rings (SSSR count). The van der Waals surface area contributed by atoms with Crippen LogP contribution in [0.1, 0.15) is 67.6 Å². The van der Waals surface area contributed by atoms with E-state index in [0.29, 0.717) is 26.1 Å². The van der Waals surface area contributed by atoms with E-state index >= 15 is 0 Å². The lowest BCUT2D eigenvalue weighted by Gasteiger charge is -2.50. The number of benzene rings is 2. The van der Waals surface area contributed by atoms with Crippen molar-refractivity contribution < 1.29 is 14.0 Å². The zero-order valence-corrected chi connectivity index (χ0v) is 19.4. The van der Waals surface area contributed by atoms with E-state index in [-0.39, 0.29) is 29.0 Å². The molecule has 5 heteroatoms. The van der Waals surface area contributed by atoms with E-state index in [9.17, 15) is 14.0 Å². The summed E-state index contributed by atoms with van der Waals surface area (Å²) in [6, 6.07) is 15.0. The molecule has 2 heterocycles. The number of piperidine rings is 2. The topological polar surface area (TPSA) is 49.4 Å². The fourth-order valence-corrected chi connectivity index (χ4v) is 6.71. The Labute approximate surface area is 195 Å². The van der Waals surface area contributed by atoms with Crippen molar-refractivity contribution in [3.63, 3.8) is 0 Å². The molecule has 2 aromatic carbocycles. The summed E-state index contributed by atoms with van der Waals surface area (Å²) in [5, 5.41) is 3.09. The van der Waals surface area contributed by atoms with Crippen LogP contribution in [0.5, 0.6) is 0 Å². The van der Waals surface area contributed by atoms with Gasteiger partial charge in [0.25, 0.3) is 0 Å². The largest absolute Gasteiger partial charge is 0.355 e. The Bertz CT molecular complexity index is 1030. The molecule has 2 amide bonds. The number of aryl methyl sites for hydroxylation is 1. The Morgan fingerprint density at radius 3 is 2.33 bits per heavy atom. The van der Waals surface area contributed by atoms with E-state index in [0.717, 1.165) is 44.1 Å². The van der Waals surface area contributed by atoms with E-state index in [1.54, 1.807) is 12.1 Å². The molecule has 0 aromatic heterocycles. The van der Waals surface area contributed by atoms with Crippen molar-refractivity contribution in [3.05, 3.63) is 71.0 Å². The summed E-state index contributed by atoms with van der Waals surface area (Å²) in [6.07, 6.45) is 5.90. The van der Waals surface area contributed by atoms with Crippen LogP contribution in [0.3, 0.4) is 0 Å². The van der Waals surface area contributed by atoms with Gasteiger partial charge in [0.15, 0.2) is 0 Å². The van der Waals surface area contributed by atoms with Gasteiger partial charge in [0.1, 0.15) is 5.82 Å². The summed E-state index contributed by atoms with van der Waals surface area (Å²) in [5.74, 6) is 0.315. The molecule has 1 unspecified atom stereocenters. The van der Waals surface area contributed by atoms with Gasteiger partial charge in [-0.3, -0.25) is 9.59 Å². The minimum atomic E-state index is -0.530. The van der Waals surface area contributed by atoms with Gasteiger partial charge in [-0.2, -0.15) is 0 Å². The summed E-state index contributed by atoms with van der Waals surface area (Å²) in [4.78, 5) is 28.4. The first kappa shape index (κ1) is 22.1. The molecule has 0 radical (unpaired) electrons. The number of carbonyl (C=O) groups excluding carboxylic acids is 2. The van der Waals surface area contributed by atoms with E-state index in [1.807, 2.05) is 4.90 Å². The van der Waals surface area contributed by atoms with Crippen LogP contribution in [0, 0.1) is 18.2 Å². The number of likely N-dealkylation sites (tertiary alicyclic amines) is 1. The second-order valence-corrected chi connectivity index (χ2v) is 10.3. The standard InChI is InChI=1S/C28H33FN2O2/c1-20-6-2-3-7-23(20)24-19-30-25(32)18-27(24)14-16-31(17-15-27)26(33)28(12-4-5-13-28)21-8-10-22(29)11-9-21/h2-3,6-11,24H,4-5,12-19H2,1H3,(H,30,32). The fourth-order valence-electron chi connectivity index (χ4n) is 6.71. The van der Waals surface area contributed by atoms with Crippen LogP contribution >= 0.6 is 0 Å². The third kappa shape index (κ3) is 3.85. The molecule has 2 aromatic rings. The zero-order valence-electron chi connectivity index (χ0n) is 19.4. The predicted octanol–water partition coefficient (Wildman–Crippen LogP) is 4.86. The SMILES string of the molecule is Cc1ccccc1C1CNC(=O)CC12CCN(C(=O)C1(c3ccc(F)cc3)CCCC1)CC2. The predicted molar refractivity (Wildman–Crippen MR) is 126 cm³/mol. The lowest BCUT2D eigenvalue weighted by molar-refractivity contribution is -0.141. The number of amides is 2. The molecule has 1 saturated carbocycles. The summed E-state index contributed by atoms with van der Waals surface area (Å²) in [7, 11) is 0. The second-order valence-electron chi connectivity index (χ2n) is 10.3. The molecule has 174 valence electrons. The van der Waals surface area contributed by atoms with E-state index in [2.05, 4.69) is 36.5 Å². The molecule has 2 aliphatic heterocycles. The Kier molecular flexibility index (Phi) is 5.75. The number of nitrogens with one attached hydrogen (secondary N) is 1. The molecule has 3 aliphatic rings. The highest BCUT2D eigenvalue weighted by Gasteiger charge is 2.50. The highest BCUT2D eigenvalue weighted by molar-refractivity contribution is 5.89. The molecule has 1 N–H and O–H groups in total. The third-order valence-electron chi connectivity index (χ3n) is 8.63. The van der Waals surface area contributed by atoms with Crippen molar-refractivity contribution in [2.75, 3.05) is 19.6 Å². The van der Waals surface area contributed by atoms with Crippen LogP contribution in [-0.2, 0) is 15.0 Å². The van der Waals surface area contributed by atoms with Crippen molar-refractivity contribution >= 4 is 11.8 Å². The van der Waals surface area contributed by atoms with Gasteiger partial charge in [-0.1, -0.05) is 49.2 Å². The van der Waals surface area contributed by atoms with Crippen LogP contribution in [0.15, 0.2) is 48.5 Å². The smallest absolute Gasteiger partial charge is 0.233 e. The molecule has 2 saturated heterocycles. The number of carbonyl (C=O) groups is 2. The first-order valence-corrected chi connectivity index (χ1v) is 12.3. The first-order chi connectivity index (χ1) is 15.9. The summed E-state index contributed by atoms with van der Waals surface area (Å²) < 4.78 is 13.6. The fraction of sp³-hybridized carbons (Fsp3) is 0.500. The minimum absolute atomic E-state index is 0.107.